The molecule has 332 valence electrons. The van der Waals surface area contributed by atoms with Gasteiger partial charge in [0.15, 0.2) is 41.3 Å². The van der Waals surface area contributed by atoms with E-state index in [1.165, 1.54) is 62.8 Å². The van der Waals surface area contributed by atoms with E-state index in [2.05, 4.69) is 0 Å². The maximum absolute atomic E-state index is 13.5. The summed E-state index contributed by atoms with van der Waals surface area (Å²) < 4.78 is 60.4. The highest BCUT2D eigenvalue weighted by Gasteiger charge is 2.63. The van der Waals surface area contributed by atoms with Crippen molar-refractivity contribution >= 4 is 48.0 Å². The van der Waals surface area contributed by atoms with Crippen molar-refractivity contribution in [2.24, 2.45) is 0 Å². The Hall–Kier alpha value is -6.26. The van der Waals surface area contributed by atoms with Crippen molar-refractivity contribution in [2.75, 3.05) is 34.0 Å². The number of carbonyl (C=O) groups excluding carboxylic acids is 6. The van der Waals surface area contributed by atoms with Gasteiger partial charge in [-0.05, 0) is 47.5 Å². The zero-order valence-electron chi connectivity index (χ0n) is 33.7. The van der Waals surface area contributed by atoms with E-state index in [1.54, 1.807) is 0 Å². The fraction of sp³-hybridized carbons (Fsp3) is 0.450. The first-order chi connectivity index (χ1) is 28.9. The summed E-state index contributed by atoms with van der Waals surface area (Å²) in [5.74, 6) is -8.53. The van der Waals surface area contributed by atoms with E-state index in [4.69, 9.17) is 52.1 Å². The van der Waals surface area contributed by atoms with Gasteiger partial charge in [-0.1, -0.05) is 12.1 Å². The number of methoxy groups -OCH3 is 2. The van der Waals surface area contributed by atoms with Crippen molar-refractivity contribution < 1.29 is 101 Å². The van der Waals surface area contributed by atoms with Crippen molar-refractivity contribution in [3.8, 4) is 23.0 Å². The van der Waals surface area contributed by atoms with Crippen LogP contribution in [-0.2, 0) is 71.4 Å². The minimum absolute atomic E-state index is 0.0814. The molecular formula is C40H46O21. The lowest BCUT2D eigenvalue weighted by molar-refractivity contribution is -0.384. The molecule has 2 aromatic carbocycles. The lowest BCUT2D eigenvalue weighted by Gasteiger charge is -2.45. The maximum Gasteiger partial charge on any atom is 0.331 e. The molecule has 0 aromatic heterocycles. The summed E-state index contributed by atoms with van der Waals surface area (Å²) in [5.41, 5.74) is 0.789. The molecule has 2 aliphatic heterocycles. The van der Waals surface area contributed by atoms with Crippen LogP contribution in [0, 0.1) is 0 Å². The highest BCUT2D eigenvalue weighted by Crippen LogP contribution is 2.40. The van der Waals surface area contributed by atoms with Crippen LogP contribution in [0.2, 0.25) is 0 Å². The number of aromatic hydroxyl groups is 2. The molecule has 0 bridgehead atoms. The van der Waals surface area contributed by atoms with E-state index in [-0.39, 0.29) is 23.0 Å². The Morgan fingerprint density at radius 3 is 1.70 bits per heavy atom. The summed E-state index contributed by atoms with van der Waals surface area (Å²) in [6, 6.07) is 8.40. The van der Waals surface area contributed by atoms with E-state index in [9.17, 15) is 49.2 Å². The molecule has 0 unspecified atom stereocenters. The Labute approximate surface area is 348 Å². The first kappa shape index (κ1) is 47.4. The van der Waals surface area contributed by atoms with Crippen LogP contribution in [0.15, 0.2) is 48.6 Å². The minimum Gasteiger partial charge on any atom is -0.504 e. The van der Waals surface area contributed by atoms with Gasteiger partial charge in [-0.2, -0.15) is 0 Å². The number of aliphatic hydroxyl groups excluding tert-OH is 2. The normalized spacial score (nSPS) is 26.0. The lowest BCUT2D eigenvalue weighted by atomic mass is 9.98. The number of esters is 6. The zero-order valence-corrected chi connectivity index (χ0v) is 33.7. The number of ether oxygens (including phenoxy) is 11. The fourth-order valence-electron chi connectivity index (χ4n) is 6.05. The lowest BCUT2D eigenvalue weighted by Crippen LogP contribution is -2.65. The van der Waals surface area contributed by atoms with Gasteiger partial charge in [0.2, 0.25) is 12.1 Å². The Kier molecular flexibility index (Phi) is 16.6. The largest absolute Gasteiger partial charge is 0.504 e. The third-order valence-corrected chi connectivity index (χ3v) is 8.81. The molecule has 0 amide bonds. The molecule has 4 rings (SSSR count). The van der Waals surface area contributed by atoms with Crippen LogP contribution in [0.3, 0.4) is 0 Å². The molecule has 4 N–H and O–H groups in total. The molecular weight excluding hydrogens is 816 g/mol. The Morgan fingerprint density at radius 1 is 0.656 bits per heavy atom. The molecule has 2 fully saturated rings. The molecule has 0 spiro atoms. The maximum atomic E-state index is 13.5. The van der Waals surface area contributed by atoms with Crippen LogP contribution in [0.5, 0.6) is 23.0 Å². The summed E-state index contributed by atoms with van der Waals surface area (Å²) in [7, 11) is 2.65. The second-order valence-corrected chi connectivity index (χ2v) is 13.4. The molecule has 0 radical (unpaired) electrons. The van der Waals surface area contributed by atoms with Crippen molar-refractivity contribution in [3.63, 3.8) is 0 Å². The number of hydrogen-bond donors (Lipinski definition) is 4. The fourth-order valence-corrected chi connectivity index (χ4v) is 6.05. The molecule has 9 atom stereocenters. The summed E-state index contributed by atoms with van der Waals surface area (Å²) in [6.07, 6.45) is -10.0. The first-order valence-corrected chi connectivity index (χ1v) is 18.3. The molecule has 2 saturated heterocycles. The Bertz CT molecular complexity index is 1980. The summed E-state index contributed by atoms with van der Waals surface area (Å²) in [6.45, 7) is 1.62. The smallest absolute Gasteiger partial charge is 0.331 e. The van der Waals surface area contributed by atoms with Gasteiger partial charge in [0.25, 0.3) is 0 Å². The molecule has 2 aliphatic rings. The predicted octanol–water partition coefficient (Wildman–Crippen LogP) is 0.845. The number of hydrogen-bond acceptors (Lipinski definition) is 21. The number of carbonyl (C=O) groups is 6. The molecule has 0 saturated carbocycles. The average Bonchev–Trinajstić information content (AvgIpc) is 3.45. The third-order valence-electron chi connectivity index (χ3n) is 8.81. The van der Waals surface area contributed by atoms with E-state index in [0.29, 0.717) is 11.1 Å². The van der Waals surface area contributed by atoms with Crippen LogP contribution in [0.4, 0.5) is 0 Å². The van der Waals surface area contributed by atoms with E-state index in [0.717, 1.165) is 39.8 Å². The van der Waals surface area contributed by atoms with Crippen molar-refractivity contribution in [3.05, 3.63) is 59.7 Å². The molecule has 0 aliphatic carbocycles. The van der Waals surface area contributed by atoms with Gasteiger partial charge in [0.1, 0.15) is 44.2 Å². The average molecular weight is 863 g/mol. The number of rotatable bonds is 17. The Morgan fingerprint density at radius 2 is 1.18 bits per heavy atom. The highest BCUT2D eigenvalue weighted by molar-refractivity contribution is 5.88. The van der Waals surface area contributed by atoms with Crippen molar-refractivity contribution in [1.29, 1.82) is 0 Å². The Balaban J connectivity index is 1.74. The quantitative estimate of drug-likeness (QED) is 0.0974. The van der Waals surface area contributed by atoms with Crippen LogP contribution in [0.25, 0.3) is 12.2 Å². The van der Waals surface area contributed by atoms with Crippen molar-refractivity contribution in [2.45, 2.75) is 82.5 Å². The summed E-state index contributed by atoms with van der Waals surface area (Å²) in [5, 5.41) is 42.7. The van der Waals surface area contributed by atoms with Crippen LogP contribution < -0.4 is 9.47 Å². The van der Waals surface area contributed by atoms with E-state index < -0.39 is 110 Å². The van der Waals surface area contributed by atoms with Gasteiger partial charge in [-0.3, -0.25) is 19.2 Å². The molecule has 21 heteroatoms. The number of phenols is 2. The van der Waals surface area contributed by atoms with E-state index in [1.807, 2.05) is 0 Å². The molecule has 2 heterocycles. The predicted molar refractivity (Wildman–Crippen MR) is 202 cm³/mol. The van der Waals surface area contributed by atoms with Crippen LogP contribution in [-0.4, -0.2) is 145 Å². The van der Waals surface area contributed by atoms with E-state index >= 15 is 0 Å². The molecule has 2 aromatic rings. The van der Waals surface area contributed by atoms with Gasteiger partial charge >= 0.3 is 35.8 Å². The van der Waals surface area contributed by atoms with Gasteiger partial charge in [0, 0.05) is 39.8 Å². The van der Waals surface area contributed by atoms with Gasteiger partial charge in [-0.15, -0.1) is 0 Å². The van der Waals surface area contributed by atoms with Gasteiger partial charge in [0.05, 0.1) is 14.2 Å². The first-order valence-electron chi connectivity index (χ1n) is 18.3. The number of phenolic OH excluding ortho intramolecular Hbond substituents is 2. The summed E-state index contributed by atoms with van der Waals surface area (Å²) >= 11 is 0. The van der Waals surface area contributed by atoms with Gasteiger partial charge < -0.3 is 72.5 Å². The SMILES string of the molecule is COc1cc(/C=C/C(=O)OC[C@H]2O[C@@](COC(C)=O)(O[C@H]3O[C@H](COC(C)=O)[C@@H](O)[C@H](OC(C)=O)[C@H]3OC(C)=O)[C@@H](OC(=O)/C=C/c3ccc(O)c(OC)c3)[C@@H]2O)ccc1O. The monoisotopic (exact) mass is 862 g/mol. The number of aliphatic hydroxyl groups is 2. The second-order valence-electron chi connectivity index (χ2n) is 13.4. The minimum atomic E-state index is -2.63. The molecule has 61 heavy (non-hydrogen) atoms. The second kappa shape index (κ2) is 21.3. The topological polar surface area (TPSA) is 285 Å². The van der Waals surface area contributed by atoms with Gasteiger partial charge in [-0.25, -0.2) is 9.59 Å². The van der Waals surface area contributed by atoms with Crippen LogP contribution >= 0.6 is 0 Å². The number of benzene rings is 2. The third kappa shape index (κ3) is 12.9. The molecule has 21 nitrogen and oxygen atoms in total. The highest BCUT2D eigenvalue weighted by atomic mass is 16.8. The van der Waals surface area contributed by atoms with Crippen molar-refractivity contribution in [1.82, 2.24) is 0 Å². The summed E-state index contributed by atoms with van der Waals surface area (Å²) in [4.78, 5) is 74.9. The zero-order chi connectivity index (χ0) is 45.0. The van der Waals surface area contributed by atoms with Crippen LogP contribution in [0.1, 0.15) is 38.8 Å². The standard InChI is InChI=1S/C40H46O21/c1-20(41)53-17-30-34(49)36(56-22(3)43)37(57-23(4)44)39(58-30)61-40(19-55-21(2)42)38(59-33(48)14-10-25-8-12-27(46)29(16-25)52-6)35(50)31(60-40)18-54-32(47)13-9-24-7-11-26(45)28(15-24)51-5/h7-16,30-31,34-39,45-46,49-50H,17-19H2,1-6H3/b13-9+,14-10+/t30-,31-,34-,35-,36+,37-,38+,39-,40+/m1/s1.